The van der Waals surface area contributed by atoms with Gasteiger partial charge in [0.25, 0.3) is 0 Å². The number of carbonyl (C=O) groups is 1. The molecule has 1 aromatic heterocycles. The molecule has 0 saturated carbocycles. The Bertz CT molecular complexity index is 378. The summed E-state index contributed by atoms with van der Waals surface area (Å²) in [7, 11) is 2.02. The lowest BCUT2D eigenvalue weighted by Crippen LogP contribution is -2.32. The van der Waals surface area contributed by atoms with E-state index in [2.05, 4.69) is 34.3 Å². The Morgan fingerprint density at radius 2 is 2.44 bits per heavy atom. The van der Waals surface area contributed by atoms with Gasteiger partial charge in [-0.25, -0.2) is 0 Å². The van der Waals surface area contributed by atoms with Crippen LogP contribution in [0.1, 0.15) is 17.8 Å². The summed E-state index contributed by atoms with van der Waals surface area (Å²) in [5.74, 6) is 0.324. The summed E-state index contributed by atoms with van der Waals surface area (Å²) in [6.07, 6.45) is 0.956. The summed E-state index contributed by atoms with van der Waals surface area (Å²) >= 11 is 0. The van der Waals surface area contributed by atoms with Crippen LogP contribution in [0.3, 0.4) is 0 Å². The van der Waals surface area contributed by atoms with E-state index in [1.54, 1.807) is 0 Å². The Hall–Kier alpha value is -1.29. The quantitative estimate of drug-likeness (QED) is 0.783. The van der Waals surface area contributed by atoms with Crippen LogP contribution in [0.15, 0.2) is 12.1 Å². The number of rotatable bonds is 3. The molecule has 4 nitrogen and oxygen atoms in total. The first kappa shape index (κ1) is 11.2. The lowest BCUT2D eigenvalue weighted by molar-refractivity contribution is -0.124. The monoisotopic (exact) mass is 221 g/mol. The van der Waals surface area contributed by atoms with Gasteiger partial charge in [-0.1, -0.05) is 0 Å². The molecular formula is C12H19N3O. The molecule has 2 N–H and O–H groups in total. The molecule has 2 rings (SSSR count). The number of amides is 1. The van der Waals surface area contributed by atoms with Gasteiger partial charge in [0.1, 0.15) is 0 Å². The standard InChI is InChI=1S/C12H19N3O/c1-9-3-4-11(15(9)2)8-14-12(16)10-5-6-13-7-10/h3-4,10,13H,5-8H2,1-2H3,(H,14,16). The molecular weight excluding hydrogens is 202 g/mol. The van der Waals surface area contributed by atoms with Gasteiger partial charge in [0.05, 0.1) is 12.5 Å². The molecule has 1 aliphatic rings. The topological polar surface area (TPSA) is 46.1 Å². The average molecular weight is 221 g/mol. The SMILES string of the molecule is Cc1ccc(CNC(=O)C2CCNC2)n1C. The number of hydrogen-bond acceptors (Lipinski definition) is 2. The highest BCUT2D eigenvalue weighted by molar-refractivity contribution is 5.79. The Labute approximate surface area is 96.0 Å². The van der Waals surface area contributed by atoms with Crippen molar-refractivity contribution in [2.45, 2.75) is 19.9 Å². The van der Waals surface area contributed by atoms with Crippen LogP contribution in [0.2, 0.25) is 0 Å². The van der Waals surface area contributed by atoms with E-state index < -0.39 is 0 Å². The zero-order valence-corrected chi connectivity index (χ0v) is 9.92. The molecule has 1 aliphatic heterocycles. The lowest BCUT2D eigenvalue weighted by atomic mass is 10.1. The van der Waals surface area contributed by atoms with E-state index >= 15 is 0 Å². The van der Waals surface area contributed by atoms with E-state index in [1.165, 1.54) is 5.69 Å². The van der Waals surface area contributed by atoms with Gasteiger partial charge in [0.15, 0.2) is 0 Å². The number of aryl methyl sites for hydroxylation is 1. The summed E-state index contributed by atoms with van der Waals surface area (Å²) in [5, 5.41) is 6.20. The van der Waals surface area contributed by atoms with Crippen molar-refractivity contribution in [3.8, 4) is 0 Å². The lowest BCUT2D eigenvalue weighted by Gasteiger charge is -2.10. The fourth-order valence-electron chi connectivity index (χ4n) is 2.04. The summed E-state index contributed by atoms with van der Waals surface area (Å²) in [6, 6.07) is 4.13. The number of nitrogens with one attached hydrogen (secondary N) is 2. The van der Waals surface area contributed by atoms with Gasteiger partial charge in [0.2, 0.25) is 5.91 Å². The van der Waals surface area contributed by atoms with Crippen LogP contribution in [0.25, 0.3) is 0 Å². The minimum Gasteiger partial charge on any atom is -0.350 e. The van der Waals surface area contributed by atoms with Crippen molar-refractivity contribution in [2.24, 2.45) is 13.0 Å². The van der Waals surface area contributed by atoms with Crippen molar-refractivity contribution >= 4 is 5.91 Å². The van der Waals surface area contributed by atoms with Gasteiger partial charge in [-0.15, -0.1) is 0 Å². The van der Waals surface area contributed by atoms with Crippen LogP contribution in [0, 0.1) is 12.8 Å². The third-order valence-corrected chi connectivity index (χ3v) is 3.35. The van der Waals surface area contributed by atoms with E-state index in [1.807, 2.05) is 7.05 Å². The normalized spacial score (nSPS) is 20.0. The van der Waals surface area contributed by atoms with Crippen LogP contribution < -0.4 is 10.6 Å². The predicted octanol–water partition coefficient (Wildman–Crippen LogP) is 0.559. The second-order valence-electron chi connectivity index (χ2n) is 4.43. The molecule has 0 spiro atoms. The summed E-state index contributed by atoms with van der Waals surface area (Å²) in [4.78, 5) is 11.8. The molecule has 1 aromatic rings. The highest BCUT2D eigenvalue weighted by Gasteiger charge is 2.21. The minimum absolute atomic E-state index is 0.154. The second-order valence-corrected chi connectivity index (χ2v) is 4.43. The Morgan fingerprint density at radius 1 is 1.62 bits per heavy atom. The van der Waals surface area contributed by atoms with E-state index in [9.17, 15) is 4.79 Å². The Morgan fingerprint density at radius 3 is 3.00 bits per heavy atom. The third-order valence-electron chi connectivity index (χ3n) is 3.35. The summed E-state index contributed by atoms with van der Waals surface area (Å²) in [6.45, 7) is 4.46. The molecule has 0 aliphatic carbocycles. The maximum Gasteiger partial charge on any atom is 0.224 e. The molecule has 0 bridgehead atoms. The Kier molecular flexibility index (Phi) is 3.29. The van der Waals surface area contributed by atoms with Crippen molar-refractivity contribution in [1.82, 2.24) is 15.2 Å². The number of aromatic nitrogens is 1. The van der Waals surface area contributed by atoms with E-state index in [0.717, 1.165) is 25.2 Å². The van der Waals surface area contributed by atoms with Crippen molar-refractivity contribution in [1.29, 1.82) is 0 Å². The van der Waals surface area contributed by atoms with Crippen LogP contribution in [0.4, 0.5) is 0 Å². The highest BCUT2D eigenvalue weighted by Crippen LogP contribution is 2.09. The molecule has 88 valence electrons. The zero-order chi connectivity index (χ0) is 11.5. The zero-order valence-electron chi connectivity index (χ0n) is 9.92. The first-order valence-electron chi connectivity index (χ1n) is 5.78. The van der Waals surface area contributed by atoms with Gasteiger partial charge < -0.3 is 15.2 Å². The van der Waals surface area contributed by atoms with E-state index in [-0.39, 0.29) is 11.8 Å². The van der Waals surface area contributed by atoms with Crippen molar-refractivity contribution in [3.63, 3.8) is 0 Å². The fraction of sp³-hybridized carbons (Fsp3) is 0.583. The summed E-state index contributed by atoms with van der Waals surface area (Å²) in [5.41, 5.74) is 2.36. The summed E-state index contributed by atoms with van der Waals surface area (Å²) < 4.78 is 2.10. The van der Waals surface area contributed by atoms with Gasteiger partial charge in [-0.2, -0.15) is 0 Å². The maximum absolute atomic E-state index is 11.8. The number of carbonyl (C=O) groups excluding carboxylic acids is 1. The molecule has 1 fully saturated rings. The van der Waals surface area contributed by atoms with Gasteiger partial charge in [0, 0.05) is 25.0 Å². The highest BCUT2D eigenvalue weighted by atomic mass is 16.1. The van der Waals surface area contributed by atoms with Crippen LogP contribution in [-0.2, 0) is 18.4 Å². The molecule has 4 heteroatoms. The van der Waals surface area contributed by atoms with Crippen molar-refractivity contribution < 1.29 is 4.79 Å². The molecule has 1 unspecified atom stereocenters. The van der Waals surface area contributed by atoms with Crippen molar-refractivity contribution in [2.75, 3.05) is 13.1 Å². The third kappa shape index (κ3) is 2.27. The predicted molar refractivity (Wildman–Crippen MR) is 63.0 cm³/mol. The Balaban J connectivity index is 1.87. The maximum atomic E-state index is 11.8. The van der Waals surface area contributed by atoms with Crippen LogP contribution >= 0.6 is 0 Å². The molecule has 1 amide bonds. The number of nitrogens with zero attached hydrogens (tertiary/aromatic N) is 1. The van der Waals surface area contributed by atoms with Crippen LogP contribution in [-0.4, -0.2) is 23.6 Å². The number of hydrogen-bond donors (Lipinski definition) is 2. The van der Waals surface area contributed by atoms with E-state index in [0.29, 0.717) is 6.54 Å². The minimum atomic E-state index is 0.154. The first-order chi connectivity index (χ1) is 7.68. The van der Waals surface area contributed by atoms with Gasteiger partial charge >= 0.3 is 0 Å². The molecule has 0 radical (unpaired) electrons. The van der Waals surface area contributed by atoms with Gasteiger partial charge in [-0.3, -0.25) is 4.79 Å². The van der Waals surface area contributed by atoms with Gasteiger partial charge in [-0.05, 0) is 32.0 Å². The molecule has 2 heterocycles. The smallest absolute Gasteiger partial charge is 0.224 e. The molecule has 1 saturated heterocycles. The molecule has 0 aromatic carbocycles. The first-order valence-corrected chi connectivity index (χ1v) is 5.78. The van der Waals surface area contributed by atoms with E-state index in [4.69, 9.17) is 0 Å². The second kappa shape index (κ2) is 4.70. The average Bonchev–Trinajstić information content (AvgIpc) is 2.89. The molecule has 1 atom stereocenters. The molecule has 16 heavy (non-hydrogen) atoms. The van der Waals surface area contributed by atoms with Crippen LogP contribution in [0.5, 0.6) is 0 Å². The fourth-order valence-corrected chi connectivity index (χ4v) is 2.04. The van der Waals surface area contributed by atoms with Crippen molar-refractivity contribution in [3.05, 3.63) is 23.5 Å². The largest absolute Gasteiger partial charge is 0.350 e.